The van der Waals surface area contributed by atoms with Crippen molar-refractivity contribution in [3.05, 3.63) is 52.3 Å². The highest BCUT2D eigenvalue weighted by molar-refractivity contribution is 5.90. The number of rotatable bonds is 4. The van der Waals surface area contributed by atoms with E-state index < -0.39 is 10.9 Å². The van der Waals surface area contributed by atoms with Crippen molar-refractivity contribution in [2.24, 2.45) is 0 Å². The van der Waals surface area contributed by atoms with E-state index >= 15 is 0 Å². The number of methoxy groups -OCH3 is 1. The summed E-state index contributed by atoms with van der Waals surface area (Å²) < 4.78 is 5.02. The molecule has 0 aliphatic carbocycles. The molecule has 0 radical (unpaired) electrons. The summed E-state index contributed by atoms with van der Waals surface area (Å²) in [5, 5.41) is 19.9. The van der Waals surface area contributed by atoms with E-state index in [-0.39, 0.29) is 11.3 Å². The number of pyridine rings is 1. The van der Waals surface area contributed by atoms with Crippen molar-refractivity contribution in [2.75, 3.05) is 7.11 Å². The molecule has 0 aliphatic rings. The summed E-state index contributed by atoms with van der Waals surface area (Å²) in [5.74, 6) is -0.753. The molecule has 1 aromatic heterocycles. The van der Waals surface area contributed by atoms with E-state index in [1.807, 2.05) is 0 Å². The zero-order valence-corrected chi connectivity index (χ0v) is 10.4. The molecular weight excluding hydrogens is 264 g/mol. The van der Waals surface area contributed by atoms with Crippen LogP contribution in [0.15, 0.2) is 36.7 Å². The number of hydrogen-bond acceptors (Lipinski definition) is 5. The van der Waals surface area contributed by atoms with Crippen LogP contribution in [0.4, 0.5) is 5.69 Å². The number of aromatic carboxylic acids is 1. The number of nitro benzene ring substituents is 1. The first-order chi connectivity index (χ1) is 9.51. The second kappa shape index (κ2) is 5.35. The van der Waals surface area contributed by atoms with Gasteiger partial charge in [0.25, 0.3) is 5.69 Å². The topological polar surface area (TPSA) is 103 Å². The highest BCUT2D eigenvalue weighted by atomic mass is 16.6. The van der Waals surface area contributed by atoms with E-state index in [2.05, 4.69) is 4.98 Å². The van der Waals surface area contributed by atoms with Crippen LogP contribution < -0.4 is 4.74 Å². The molecule has 0 atom stereocenters. The molecular formula is C13H10N2O5. The van der Waals surface area contributed by atoms with Gasteiger partial charge in [-0.3, -0.25) is 15.1 Å². The van der Waals surface area contributed by atoms with Gasteiger partial charge in [-0.05, 0) is 17.7 Å². The van der Waals surface area contributed by atoms with Crippen LogP contribution in [0.3, 0.4) is 0 Å². The fourth-order valence-electron chi connectivity index (χ4n) is 1.70. The van der Waals surface area contributed by atoms with Crippen LogP contribution >= 0.6 is 0 Å². The maximum atomic E-state index is 11.0. The minimum absolute atomic E-state index is 0.156. The number of aromatic nitrogens is 1. The van der Waals surface area contributed by atoms with Crippen molar-refractivity contribution in [1.82, 2.24) is 4.98 Å². The van der Waals surface area contributed by atoms with Crippen molar-refractivity contribution >= 4 is 11.7 Å². The number of carboxylic acids is 1. The summed E-state index contributed by atoms with van der Waals surface area (Å²) in [6, 6.07) is 5.28. The van der Waals surface area contributed by atoms with Gasteiger partial charge in [0, 0.05) is 23.9 Å². The second-order valence-corrected chi connectivity index (χ2v) is 3.94. The van der Waals surface area contributed by atoms with Gasteiger partial charge in [0.1, 0.15) is 5.75 Å². The average Bonchev–Trinajstić information content (AvgIpc) is 2.46. The van der Waals surface area contributed by atoms with Crippen LogP contribution in [0, 0.1) is 10.1 Å². The van der Waals surface area contributed by atoms with Crippen LogP contribution in [0.25, 0.3) is 11.1 Å². The SMILES string of the molecule is COc1cncc(-c2cc(C(=O)O)cc([N+](=O)[O-])c2)c1. The quantitative estimate of drug-likeness (QED) is 0.678. The zero-order chi connectivity index (χ0) is 14.7. The van der Waals surface area contributed by atoms with Crippen molar-refractivity contribution in [3.63, 3.8) is 0 Å². The minimum Gasteiger partial charge on any atom is -0.495 e. The number of benzene rings is 1. The first kappa shape index (κ1) is 13.5. The molecule has 0 aliphatic heterocycles. The maximum Gasteiger partial charge on any atom is 0.335 e. The van der Waals surface area contributed by atoms with Gasteiger partial charge in [-0.2, -0.15) is 0 Å². The van der Waals surface area contributed by atoms with Crippen LogP contribution in [-0.4, -0.2) is 28.1 Å². The molecule has 1 aromatic carbocycles. The van der Waals surface area contributed by atoms with Gasteiger partial charge in [-0.25, -0.2) is 4.79 Å². The molecule has 102 valence electrons. The van der Waals surface area contributed by atoms with Gasteiger partial charge in [0.2, 0.25) is 0 Å². The lowest BCUT2D eigenvalue weighted by molar-refractivity contribution is -0.384. The number of carbonyl (C=O) groups is 1. The number of nitrogens with zero attached hydrogens (tertiary/aromatic N) is 2. The summed E-state index contributed by atoms with van der Waals surface area (Å²) in [5.41, 5.74) is 0.485. The number of carboxylic acid groups (broad SMARTS) is 1. The predicted molar refractivity (Wildman–Crippen MR) is 69.8 cm³/mol. The van der Waals surface area contributed by atoms with E-state index in [1.54, 1.807) is 6.07 Å². The Labute approximate surface area is 113 Å². The van der Waals surface area contributed by atoms with Crippen molar-refractivity contribution in [3.8, 4) is 16.9 Å². The lowest BCUT2D eigenvalue weighted by Crippen LogP contribution is -1.99. The van der Waals surface area contributed by atoms with E-state index in [0.29, 0.717) is 16.9 Å². The molecule has 7 nitrogen and oxygen atoms in total. The molecule has 7 heteroatoms. The Balaban J connectivity index is 2.60. The number of ether oxygens (including phenoxy) is 1. The maximum absolute atomic E-state index is 11.0. The van der Waals surface area contributed by atoms with Gasteiger partial charge >= 0.3 is 5.97 Å². The van der Waals surface area contributed by atoms with E-state index in [9.17, 15) is 14.9 Å². The van der Waals surface area contributed by atoms with Gasteiger partial charge in [0.15, 0.2) is 0 Å². The van der Waals surface area contributed by atoms with Crippen LogP contribution in [0.2, 0.25) is 0 Å². The molecule has 0 unspecified atom stereocenters. The van der Waals surface area contributed by atoms with Gasteiger partial charge < -0.3 is 9.84 Å². The highest BCUT2D eigenvalue weighted by Crippen LogP contribution is 2.27. The Morgan fingerprint density at radius 1 is 1.25 bits per heavy atom. The summed E-state index contributed by atoms with van der Waals surface area (Å²) in [6.07, 6.45) is 2.96. The molecule has 0 amide bonds. The summed E-state index contributed by atoms with van der Waals surface area (Å²) in [7, 11) is 1.47. The number of hydrogen-bond donors (Lipinski definition) is 1. The average molecular weight is 274 g/mol. The molecule has 1 heterocycles. The third kappa shape index (κ3) is 2.72. The van der Waals surface area contributed by atoms with Gasteiger partial charge in [0.05, 0.1) is 23.8 Å². The molecule has 0 saturated carbocycles. The third-order valence-corrected chi connectivity index (χ3v) is 2.66. The lowest BCUT2D eigenvalue weighted by atomic mass is 10.0. The minimum atomic E-state index is -1.23. The smallest absolute Gasteiger partial charge is 0.335 e. The summed E-state index contributed by atoms with van der Waals surface area (Å²) >= 11 is 0. The fraction of sp³-hybridized carbons (Fsp3) is 0.0769. The van der Waals surface area contributed by atoms with E-state index in [1.165, 1.54) is 31.6 Å². The van der Waals surface area contributed by atoms with E-state index in [0.717, 1.165) is 6.07 Å². The molecule has 20 heavy (non-hydrogen) atoms. The normalized spacial score (nSPS) is 10.1. The predicted octanol–water partition coefficient (Wildman–Crippen LogP) is 2.36. The Morgan fingerprint density at radius 2 is 2.00 bits per heavy atom. The van der Waals surface area contributed by atoms with Crippen LogP contribution in [-0.2, 0) is 0 Å². The molecule has 2 rings (SSSR count). The molecule has 1 N–H and O–H groups in total. The Hall–Kier alpha value is -2.96. The molecule has 0 saturated heterocycles. The van der Waals surface area contributed by atoms with Gasteiger partial charge in [-0.15, -0.1) is 0 Å². The second-order valence-electron chi connectivity index (χ2n) is 3.94. The first-order valence-electron chi connectivity index (χ1n) is 5.53. The van der Waals surface area contributed by atoms with Crippen molar-refractivity contribution in [1.29, 1.82) is 0 Å². The number of nitro groups is 1. The fourth-order valence-corrected chi connectivity index (χ4v) is 1.70. The van der Waals surface area contributed by atoms with Crippen molar-refractivity contribution in [2.45, 2.75) is 0 Å². The third-order valence-electron chi connectivity index (χ3n) is 2.66. The van der Waals surface area contributed by atoms with E-state index in [4.69, 9.17) is 9.84 Å². The molecule has 0 fully saturated rings. The Kier molecular flexibility index (Phi) is 3.60. The molecule has 0 bridgehead atoms. The largest absolute Gasteiger partial charge is 0.495 e. The Morgan fingerprint density at radius 3 is 2.60 bits per heavy atom. The summed E-state index contributed by atoms with van der Waals surface area (Å²) in [6.45, 7) is 0. The molecule has 0 spiro atoms. The molecule has 2 aromatic rings. The Bertz CT molecular complexity index is 652. The van der Waals surface area contributed by atoms with Crippen LogP contribution in [0.5, 0.6) is 5.75 Å². The zero-order valence-electron chi connectivity index (χ0n) is 10.4. The first-order valence-corrected chi connectivity index (χ1v) is 5.53. The standard InChI is InChI=1S/C13H10N2O5/c1-20-12-5-10(6-14-7-12)8-2-9(13(16)17)4-11(3-8)15(18)19/h2-7H,1H3,(H,16,17). The highest BCUT2D eigenvalue weighted by Gasteiger charge is 2.15. The number of non-ortho nitro benzene ring substituents is 1. The summed E-state index contributed by atoms with van der Waals surface area (Å²) in [4.78, 5) is 25.2. The monoisotopic (exact) mass is 274 g/mol. The van der Waals surface area contributed by atoms with Crippen LogP contribution in [0.1, 0.15) is 10.4 Å². The van der Waals surface area contributed by atoms with Gasteiger partial charge in [-0.1, -0.05) is 0 Å². The lowest BCUT2D eigenvalue weighted by Gasteiger charge is -2.05. The van der Waals surface area contributed by atoms with Crippen molar-refractivity contribution < 1.29 is 19.6 Å².